The smallest absolute Gasteiger partial charge is 0.290 e. The summed E-state index contributed by atoms with van der Waals surface area (Å²) in [7, 11) is 0. The van der Waals surface area contributed by atoms with Crippen LogP contribution in [0.5, 0.6) is 0 Å². The van der Waals surface area contributed by atoms with Crippen molar-refractivity contribution < 1.29 is 14.4 Å². The van der Waals surface area contributed by atoms with Crippen LogP contribution >= 0.6 is 11.6 Å². The van der Waals surface area contributed by atoms with Crippen LogP contribution in [-0.2, 0) is 11.3 Å². The van der Waals surface area contributed by atoms with Gasteiger partial charge in [-0.3, -0.25) is 30.0 Å². The number of fused-ring (bicyclic) bond motifs is 1. The molecule has 0 saturated heterocycles. The van der Waals surface area contributed by atoms with E-state index in [9.17, 15) is 19.2 Å². The molecule has 0 radical (unpaired) electrons. The van der Waals surface area contributed by atoms with Gasteiger partial charge in [0.25, 0.3) is 23.3 Å². The Hall–Kier alpha value is -3.72. The second-order valence-electron chi connectivity index (χ2n) is 6.18. The number of nitrogens with zero attached hydrogens (tertiary/aromatic N) is 2. The quantitative estimate of drug-likeness (QED) is 0.529. The van der Waals surface area contributed by atoms with E-state index in [0.29, 0.717) is 10.8 Å². The van der Waals surface area contributed by atoms with E-state index in [1.807, 2.05) is 0 Å². The number of carbonyl (C=O) groups excluding carboxylic acids is 3. The van der Waals surface area contributed by atoms with Crippen molar-refractivity contribution in [3.05, 3.63) is 75.2 Å². The SMILES string of the molecule is CCn1nc(C(=O)NNC(=O)CNC(=O)c2ccccc2Cl)c2ccccc2c1=O. The third-order valence-corrected chi connectivity index (χ3v) is 4.56. The number of halogens is 1. The molecule has 0 saturated carbocycles. The van der Waals surface area contributed by atoms with Crippen LogP contribution in [0.15, 0.2) is 53.3 Å². The van der Waals surface area contributed by atoms with Crippen molar-refractivity contribution in [3.8, 4) is 0 Å². The van der Waals surface area contributed by atoms with E-state index in [1.165, 1.54) is 10.7 Å². The lowest BCUT2D eigenvalue weighted by atomic mass is 10.1. The molecule has 1 heterocycles. The maximum absolute atomic E-state index is 12.5. The number of benzene rings is 2. The van der Waals surface area contributed by atoms with Gasteiger partial charge in [0, 0.05) is 11.9 Å². The molecule has 0 fully saturated rings. The molecule has 3 N–H and O–H groups in total. The van der Waals surface area contributed by atoms with E-state index >= 15 is 0 Å². The van der Waals surface area contributed by atoms with Gasteiger partial charge in [-0.2, -0.15) is 5.10 Å². The van der Waals surface area contributed by atoms with E-state index in [0.717, 1.165) is 0 Å². The van der Waals surface area contributed by atoms with Crippen LogP contribution in [0, 0.1) is 0 Å². The van der Waals surface area contributed by atoms with Gasteiger partial charge < -0.3 is 5.32 Å². The Bertz CT molecular complexity index is 1190. The molecule has 154 valence electrons. The number of rotatable bonds is 5. The zero-order valence-corrected chi connectivity index (χ0v) is 16.7. The summed E-state index contributed by atoms with van der Waals surface area (Å²) in [5, 5.41) is 7.46. The molecule has 9 nitrogen and oxygen atoms in total. The summed E-state index contributed by atoms with van der Waals surface area (Å²) < 4.78 is 1.17. The molecule has 2 aromatic carbocycles. The number of hydrogen-bond acceptors (Lipinski definition) is 5. The summed E-state index contributed by atoms with van der Waals surface area (Å²) in [6, 6.07) is 13.0. The second-order valence-corrected chi connectivity index (χ2v) is 6.59. The summed E-state index contributed by atoms with van der Waals surface area (Å²) in [5.41, 5.74) is 4.36. The van der Waals surface area contributed by atoms with E-state index in [4.69, 9.17) is 11.6 Å². The number of amides is 3. The summed E-state index contributed by atoms with van der Waals surface area (Å²) in [5.74, 6) is -1.87. The average molecular weight is 428 g/mol. The lowest BCUT2D eigenvalue weighted by molar-refractivity contribution is -0.120. The van der Waals surface area contributed by atoms with Crippen molar-refractivity contribution in [2.45, 2.75) is 13.5 Å². The maximum atomic E-state index is 12.5. The third kappa shape index (κ3) is 4.47. The normalized spacial score (nSPS) is 10.5. The molecule has 0 aliphatic heterocycles. The summed E-state index contributed by atoms with van der Waals surface area (Å²) in [6.45, 7) is 1.63. The average Bonchev–Trinajstić information content (AvgIpc) is 2.76. The van der Waals surface area contributed by atoms with Gasteiger partial charge in [-0.15, -0.1) is 0 Å². The molecule has 3 rings (SSSR count). The molecule has 0 aliphatic carbocycles. The van der Waals surface area contributed by atoms with E-state index < -0.39 is 17.7 Å². The third-order valence-electron chi connectivity index (χ3n) is 4.23. The largest absolute Gasteiger partial charge is 0.343 e. The molecule has 0 aliphatic rings. The molecule has 3 amide bonds. The second kappa shape index (κ2) is 9.19. The predicted octanol–water partition coefficient (Wildman–Crippen LogP) is 1.26. The highest BCUT2D eigenvalue weighted by atomic mass is 35.5. The molecular formula is C20H18ClN5O4. The van der Waals surface area contributed by atoms with E-state index in [2.05, 4.69) is 21.3 Å². The minimum Gasteiger partial charge on any atom is -0.343 e. The lowest BCUT2D eigenvalue weighted by Crippen LogP contribution is -2.47. The van der Waals surface area contributed by atoms with Crippen molar-refractivity contribution >= 4 is 40.1 Å². The lowest BCUT2D eigenvalue weighted by Gasteiger charge is -2.11. The standard InChI is InChI=1S/C20H18ClN5O4/c1-2-26-20(30)13-8-4-3-7-12(13)17(25-26)19(29)24-23-16(27)11-22-18(28)14-9-5-6-10-15(14)21/h3-10H,2,11H2,1H3,(H,22,28)(H,23,27)(H,24,29). The fraction of sp³-hybridized carbons (Fsp3) is 0.150. The van der Waals surface area contributed by atoms with Gasteiger partial charge >= 0.3 is 0 Å². The molecule has 0 atom stereocenters. The van der Waals surface area contributed by atoms with Crippen LogP contribution in [0.4, 0.5) is 0 Å². The summed E-state index contributed by atoms with van der Waals surface area (Å²) in [6.07, 6.45) is 0. The molecule has 30 heavy (non-hydrogen) atoms. The highest BCUT2D eigenvalue weighted by Gasteiger charge is 2.17. The van der Waals surface area contributed by atoms with Crippen molar-refractivity contribution in [2.75, 3.05) is 6.54 Å². The molecule has 1 aromatic heterocycles. The number of carbonyl (C=O) groups is 3. The van der Waals surface area contributed by atoms with Crippen molar-refractivity contribution in [1.82, 2.24) is 25.9 Å². The Morgan fingerprint density at radius 1 is 0.967 bits per heavy atom. The first-order valence-corrected chi connectivity index (χ1v) is 9.42. The summed E-state index contributed by atoms with van der Waals surface area (Å²) in [4.78, 5) is 48.9. The van der Waals surface area contributed by atoms with Crippen molar-refractivity contribution in [3.63, 3.8) is 0 Å². The van der Waals surface area contributed by atoms with Crippen LogP contribution in [0.2, 0.25) is 5.02 Å². The first kappa shape index (κ1) is 21.0. The van der Waals surface area contributed by atoms with Crippen LogP contribution in [0.25, 0.3) is 10.8 Å². The van der Waals surface area contributed by atoms with Gasteiger partial charge in [-0.1, -0.05) is 41.9 Å². The van der Waals surface area contributed by atoms with Crippen molar-refractivity contribution in [1.29, 1.82) is 0 Å². The van der Waals surface area contributed by atoms with Gasteiger partial charge in [0.1, 0.15) is 0 Å². The van der Waals surface area contributed by atoms with Crippen LogP contribution in [-0.4, -0.2) is 34.0 Å². The highest BCUT2D eigenvalue weighted by molar-refractivity contribution is 6.33. The van der Waals surface area contributed by atoms with Gasteiger partial charge in [0.15, 0.2) is 5.69 Å². The zero-order valence-electron chi connectivity index (χ0n) is 15.9. The molecule has 3 aromatic rings. The monoisotopic (exact) mass is 427 g/mol. The fourth-order valence-electron chi connectivity index (χ4n) is 2.75. The Morgan fingerprint density at radius 3 is 2.33 bits per heavy atom. The number of nitrogens with one attached hydrogen (secondary N) is 3. The van der Waals surface area contributed by atoms with Crippen LogP contribution < -0.4 is 21.7 Å². The number of aryl methyl sites for hydroxylation is 1. The first-order valence-electron chi connectivity index (χ1n) is 9.04. The zero-order chi connectivity index (χ0) is 21.7. The van der Waals surface area contributed by atoms with Gasteiger partial charge in [-0.05, 0) is 25.1 Å². The molecule has 0 unspecified atom stereocenters. The summed E-state index contributed by atoms with van der Waals surface area (Å²) >= 11 is 5.94. The van der Waals surface area contributed by atoms with Crippen LogP contribution in [0.1, 0.15) is 27.8 Å². The topological polar surface area (TPSA) is 122 Å². The molecular weight excluding hydrogens is 410 g/mol. The van der Waals surface area contributed by atoms with E-state index in [-0.39, 0.29) is 34.9 Å². The maximum Gasteiger partial charge on any atom is 0.290 e. The minimum absolute atomic E-state index is 0.00699. The minimum atomic E-state index is -0.695. The Balaban J connectivity index is 1.65. The van der Waals surface area contributed by atoms with Crippen LogP contribution in [0.3, 0.4) is 0 Å². The van der Waals surface area contributed by atoms with Gasteiger partial charge in [0.05, 0.1) is 22.5 Å². The number of hydrogen-bond donors (Lipinski definition) is 3. The fourth-order valence-corrected chi connectivity index (χ4v) is 2.97. The van der Waals surface area contributed by atoms with Gasteiger partial charge in [-0.25, -0.2) is 4.68 Å². The highest BCUT2D eigenvalue weighted by Crippen LogP contribution is 2.14. The Labute approximate surface area is 176 Å². The first-order chi connectivity index (χ1) is 14.4. The molecule has 10 heteroatoms. The Kier molecular flexibility index (Phi) is 6.43. The van der Waals surface area contributed by atoms with E-state index in [1.54, 1.807) is 49.4 Å². The number of aromatic nitrogens is 2. The number of hydrazine groups is 1. The predicted molar refractivity (Wildman–Crippen MR) is 111 cm³/mol. The molecule has 0 spiro atoms. The van der Waals surface area contributed by atoms with Crippen molar-refractivity contribution in [2.24, 2.45) is 0 Å². The molecule has 0 bridgehead atoms. The van der Waals surface area contributed by atoms with Gasteiger partial charge in [0.2, 0.25) is 0 Å². The Morgan fingerprint density at radius 2 is 1.63 bits per heavy atom.